The molecule has 4 aromatic rings. The summed E-state index contributed by atoms with van der Waals surface area (Å²) in [6, 6.07) is 31.4. The summed E-state index contributed by atoms with van der Waals surface area (Å²) in [5.74, 6) is -0.501. The minimum Gasteiger partial charge on any atom is -0.497 e. The number of methoxy groups -OCH3 is 1. The molecule has 1 saturated heterocycles. The second kappa shape index (κ2) is 14.6. The summed E-state index contributed by atoms with van der Waals surface area (Å²) in [5.41, 5.74) is 2.29. The minimum atomic E-state index is -1.23. The van der Waals surface area contributed by atoms with Crippen LogP contribution in [0.5, 0.6) is 11.5 Å². The monoisotopic (exact) mass is 637 g/mol. The Morgan fingerprint density at radius 2 is 1.21 bits per heavy atom. The van der Waals surface area contributed by atoms with Crippen molar-refractivity contribution in [1.82, 2.24) is 4.90 Å². The van der Waals surface area contributed by atoms with Gasteiger partial charge in [0.1, 0.15) is 42.5 Å². The Labute approximate surface area is 272 Å². The number of hydrogen-bond acceptors (Lipinski definition) is 9. The Morgan fingerprint density at radius 3 is 1.74 bits per heavy atom. The third-order valence-electron chi connectivity index (χ3n) is 8.07. The van der Waals surface area contributed by atoms with E-state index < -0.39 is 48.4 Å². The first-order chi connectivity index (χ1) is 22.9. The van der Waals surface area contributed by atoms with Crippen molar-refractivity contribution in [3.05, 3.63) is 131 Å². The van der Waals surface area contributed by atoms with E-state index >= 15 is 0 Å². The van der Waals surface area contributed by atoms with E-state index in [1.807, 2.05) is 60.7 Å². The molecule has 1 fully saturated rings. The molecule has 242 valence electrons. The van der Waals surface area contributed by atoms with Crippen molar-refractivity contribution in [1.29, 1.82) is 0 Å². The molecule has 2 aliphatic heterocycles. The third kappa shape index (κ3) is 7.20. The average Bonchev–Trinajstić information content (AvgIpc) is 3.35. The number of nitrogens with zero attached hydrogens (tertiary/aromatic N) is 1. The standard InChI is InChI=1S/C37H35NO9/c1-24(39)43-23-31-33(44-21-25-11-5-3-6-12-25)34(45-22-26-13-7-4-8-14-26)32(37(47-31)46-28-19-17-27(42-2)18-20-28)38-35(40)29-15-9-10-16-30(29)36(38)41/h3-20,31-34,37H,21-23H2,1-2H3/t31-,32-,33-,34-,37-/m1/s1. The molecule has 2 heterocycles. The van der Waals surface area contributed by atoms with Crippen molar-refractivity contribution in [2.45, 2.75) is 50.8 Å². The molecule has 0 N–H and O–H groups in total. The Hall–Kier alpha value is -5.03. The van der Waals surface area contributed by atoms with E-state index in [9.17, 15) is 14.4 Å². The molecule has 4 aromatic carbocycles. The van der Waals surface area contributed by atoms with Gasteiger partial charge in [0.15, 0.2) is 0 Å². The molecule has 6 rings (SSSR count). The largest absolute Gasteiger partial charge is 0.497 e. The number of esters is 1. The zero-order chi connectivity index (χ0) is 32.8. The zero-order valence-electron chi connectivity index (χ0n) is 26.0. The highest BCUT2D eigenvalue weighted by molar-refractivity contribution is 6.21. The van der Waals surface area contributed by atoms with Crippen molar-refractivity contribution in [2.24, 2.45) is 0 Å². The van der Waals surface area contributed by atoms with Crippen molar-refractivity contribution >= 4 is 17.8 Å². The van der Waals surface area contributed by atoms with E-state index in [1.54, 1.807) is 55.6 Å². The fourth-order valence-electron chi connectivity index (χ4n) is 5.79. The van der Waals surface area contributed by atoms with Crippen LogP contribution in [0, 0.1) is 0 Å². The maximum Gasteiger partial charge on any atom is 0.302 e. The lowest BCUT2D eigenvalue weighted by Gasteiger charge is -2.48. The molecular weight excluding hydrogens is 602 g/mol. The summed E-state index contributed by atoms with van der Waals surface area (Å²) in [6.45, 7) is 1.41. The van der Waals surface area contributed by atoms with E-state index in [-0.39, 0.29) is 30.9 Å². The maximum atomic E-state index is 14.0. The average molecular weight is 638 g/mol. The molecule has 0 bridgehead atoms. The van der Waals surface area contributed by atoms with Crippen LogP contribution in [0.1, 0.15) is 38.8 Å². The first kappa shape index (κ1) is 31.9. The fraction of sp³-hybridized carbons (Fsp3) is 0.270. The molecule has 0 saturated carbocycles. The smallest absolute Gasteiger partial charge is 0.302 e. The van der Waals surface area contributed by atoms with Crippen LogP contribution in [0.25, 0.3) is 0 Å². The number of carbonyl (C=O) groups is 3. The molecule has 0 aromatic heterocycles. The van der Waals surface area contributed by atoms with Gasteiger partial charge in [0, 0.05) is 6.92 Å². The van der Waals surface area contributed by atoms with Gasteiger partial charge in [0.25, 0.3) is 11.8 Å². The summed E-state index contributed by atoms with van der Waals surface area (Å²) >= 11 is 0. The van der Waals surface area contributed by atoms with Gasteiger partial charge in [-0.05, 0) is 47.5 Å². The molecule has 5 atom stereocenters. The second-order valence-corrected chi connectivity index (χ2v) is 11.2. The summed E-state index contributed by atoms with van der Waals surface area (Å²) in [4.78, 5) is 41.1. The predicted octanol–water partition coefficient (Wildman–Crippen LogP) is 5.20. The number of imide groups is 1. The summed E-state index contributed by atoms with van der Waals surface area (Å²) < 4.78 is 36.8. The van der Waals surface area contributed by atoms with Gasteiger partial charge in [-0.3, -0.25) is 19.3 Å². The second-order valence-electron chi connectivity index (χ2n) is 11.2. The molecule has 0 aliphatic carbocycles. The highest BCUT2D eigenvalue weighted by atomic mass is 16.7. The van der Waals surface area contributed by atoms with Crippen LogP contribution in [-0.2, 0) is 37.0 Å². The van der Waals surface area contributed by atoms with Crippen LogP contribution in [0.4, 0.5) is 0 Å². The van der Waals surface area contributed by atoms with Gasteiger partial charge in [0.2, 0.25) is 6.29 Å². The molecule has 2 amide bonds. The Bertz CT molecular complexity index is 1640. The highest BCUT2D eigenvalue weighted by Crippen LogP contribution is 2.37. The normalized spacial score (nSPS) is 22.1. The molecule has 0 radical (unpaired) electrons. The van der Waals surface area contributed by atoms with Gasteiger partial charge >= 0.3 is 5.97 Å². The van der Waals surface area contributed by atoms with Gasteiger partial charge < -0.3 is 28.4 Å². The molecule has 47 heavy (non-hydrogen) atoms. The number of hydrogen-bond donors (Lipinski definition) is 0. The fourth-order valence-corrected chi connectivity index (χ4v) is 5.79. The van der Waals surface area contributed by atoms with Crippen LogP contribution in [0.3, 0.4) is 0 Å². The first-order valence-electron chi connectivity index (χ1n) is 15.3. The molecule has 10 nitrogen and oxygen atoms in total. The third-order valence-corrected chi connectivity index (χ3v) is 8.07. The molecule has 10 heteroatoms. The highest BCUT2D eigenvalue weighted by Gasteiger charge is 2.56. The van der Waals surface area contributed by atoms with Crippen LogP contribution < -0.4 is 9.47 Å². The van der Waals surface area contributed by atoms with E-state index in [1.165, 1.54) is 6.92 Å². The van der Waals surface area contributed by atoms with Crippen LogP contribution in [-0.4, -0.2) is 67.0 Å². The zero-order valence-corrected chi connectivity index (χ0v) is 26.0. The minimum absolute atomic E-state index is 0.131. The lowest BCUT2D eigenvalue weighted by Crippen LogP contribution is -2.67. The van der Waals surface area contributed by atoms with Crippen molar-refractivity contribution in [2.75, 3.05) is 13.7 Å². The van der Waals surface area contributed by atoms with Gasteiger partial charge in [-0.2, -0.15) is 0 Å². The number of benzene rings is 4. The summed E-state index contributed by atoms with van der Waals surface area (Å²) in [5, 5.41) is 0. The van der Waals surface area contributed by atoms with Gasteiger partial charge in [0.05, 0.1) is 31.5 Å². The molecule has 0 spiro atoms. The van der Waals surface area contributed by atoms with E-state index in [0.717, 1.165) is 16.0 Å². The lowest BCUT2D eigenvalue weighted by molar-refractivity contribution is -0.277. The molecule has 0 unspecified atom stereocenters. The van der Waals surface area contributed by atoms with Gasteiger partial charge in [-0.25, -0.2) is 0 Å². The molecular formula is C37H35NO9. The SMILES string of the molecule is COc1ccc(O[C@@H]2O[C@H](COC(C)=O)[C@@H](OCc3ccccc3)[C@H](OCc3ccccc3)[C@H]2N2C(=O)c3ccccc3C2=O)cc1. The van der Waals surface area contributed by atoms with Gasteiger partial charge in [-0.1, -0.05) is 72.8 Å². The van der Waals surface area contributed by atoms with Crippen LogP contribution in [0.15, 0.2) is 109 Å². The number of ether oxygens (including phenoxy) is 6. The Morgan fingerprint density at radius 1 is 0.702 bits per heavy atom. The first-order valence-corrected chi connectivity index (χ1v) is 15.3. The number of carbonyl (C=O) groups excluding carboxylic acids is 3. The van der Waals surface area contributed by atoms with E-state index in [4.69, 9.17) is 28.4 Å². The number of rotatable bonds is 12. The Balaban J connectivity index is 1.43. The summed E-state index contributed by atoms with van der Waals surface area (Å²) in [7, 11) is 1.56. The van der Waals surface area contributed by atoms with Gasteiger partial charge in [-0.15, -0.1) is 0 Å². The van der Waals surface area contributed by atoms with Crippen molar-refractivity contribution < 1.29 is 42.8 Å². The number of amides is 2. The lowest BCUT2D eigenvalue weighted by atomic mass is 9.94. The number of fused-ring (bicyclic) bond motifs is 1. The predicted molar refractivity (Wildman–Crippen MR) is 170 cm³/mol. The Kier molecular flexibility index (Phi) is 9.92. The van der Waals surface area contributed by atoms with E-state index in [0.29, 0.717) is 11.5 Å². The van der Waals surface area contributed by atoms with Crippen molar-refractivity contribution in [3.8, 4) is 11.5 Å². The van der Waals surface area contributed by atoms with Crippen LogP contribution in [0.2, 0.25) is 0 Å². The van der Waals surface area contributed by atoms with E-state index in [2.05, 4.69) is 0 Å². The van der Waals surface area contributed by atoms with Crippen molar-refractivity contribution in [3.63, 3.8) is 0 Å². The topological polar surface area (TPSA) is 110 Å². The summed E-state index contributed by atoms with van der Waals surface area (Å²) in [6.07, 6.45) is -4.00. The maximum absolute atomic E-state index is 14.0. The van der Waals surface area contributed by atoms with Crippen LogP contribution >= 0.6 is 0 Å². The molecule has 2 aliphatic rings. The quantitative estimate of drug-likeness (QED) is 0.153.